The summed E-state index contributed by atoms with van der Waals surface area (Å²) >= 11 is 0. The lowest BCUT2D eigenvalue weighted by molar-refractivity contribution is -0.385. The Bertz CT molecular complexity index is 1200. The summed E-state index contributed by atoms with van der Waals surface area (Å²) in [6.45, 7) is 3.85. The number of methoxy groups -OCH3 is 1. The van der Waals surface area contributed by atoms with E-state index in [1.54, 1.807) is 31.2 Å². The van der Waals surface area contributed by atoms with Crippen LogP contribution in [0.25, 0.3) is 0 Å². The number of carbonyl (C=O) groups excluding carboxylic acids is 2. The molecule has 9 nitrogen and oxygen atoms in total. The molecule has 0 aliphatic carbocycles. The number of nitrogens with one attached hydrogen (secondary N) is 2. The van der Waals surface area contributed by atoms with Crippen molar-refractivity contribution in [1.82, 2.24) is 5.32 Å². The van der Waals surface area contributed by atoms with Gasteiger partial charge >= 0.3 is 0 Å². The van der Waals surface area contributed by atoms with Crippen LogP contribution in [0.4, 0.5) is 11.4 Å². The van der Waals surface area contributed by atoms with Crippen molar-refractivity contribution >= 4 is 23.2 Å². The van der Waals surface area contributed by atoms with Crippen LogP contribution in [0.15, 0.2) is 66.7 Å². The summed E-state index contributed by atoms with van der Waals surface area (Å²) in [4.78, 5) is 37.0. The largest absolute Gasteiger partial charge is 0.493 e. The van der Waals surface area contributed by atoms with Crippen LogP contribution >= 0.6 is 0 Å². The van der Waals surface area contributed by atoms with E-state index in [4.69, 9.17) is 9.47 Å². The van der Waals surface area contributed by atoms with E-state index in [-0.39, 0.29) is 41.0 Å². The zero-order chi connectivity index (χ0) is 24.7. The maximum absolute atomic E-state index is 13.1. The molecule has 34 heavy (non-hydrogen) atoms. The molecule has 0 saturated heterocycles. The van der Waals surface area contributed by atoms with Gasteiger partial charge in [-0.2, -0.15) is 0 Å². The number of rotatable bonds is 9. The monoisotopic (exact) mass is 463 g/mol. The van der Waals surface area contributed by atoms with Gasteiger partial charge in [0.25, 0.3) is 17.5 Å². The minimum absolute atomic E-state index is 0.155. The Morgan fingerprint density at radius 2 is 1.65 bits per heavy atom. The van der Waals surface area contributed by atoms with Crippen LogP contribution in [0.1, 0.15) is 46.2 Å². The molecule has 3 aromatic rings. The number of anilines is 1. The van der Waals surface area contributed by atoms with Gasteiger partial charge in [-0.3, -0.25) is 19.7 Å². The highest BCUT2D eigenvalue weighted by Crippen LogP contribution is 2.35. The van der Waals surface area contributed by atoms with Crippen molar-refractivity contribution in [1.29, 1.82) is 0 Å². The molecule has 3 aromatic carbocycles. The molecule has 0 unspecified atom stereocenters. The third kappa shape index (κ3) is 5.50. The average Bonchev–Trinajstić information content (AvgIpc) is 2.84. The molecule has 1 atom stereocenters. The number of amides is 2. The number of hydrogen-bond donors (Lipinski definition) is 2. The van der Waals surface area contributed by atoms with Gasteiger partial charge in [0.1, 0.15) is 5.56 Å². The SMILES string of the molecule is CCOc1cc([N+](=O)[O-])c(C(=O)Nc2ccccc2C(=O)N[C@H](C)c2ccccc2)cc1OC. The van der Waals surface area contributed by atoms with E-state index in [2.05, 4.69) is 10.6 Å². The lowest BCUT2D eigenvalue weighted by atomic mass is 10.1. The van der Waals surface area contributed by atoms with Crippen LogP contribution in [0, 0.1) is 10.1 Å². The van der Waals surface area contributed by atoms with Crippen LogP contribution in [-0.4, -0.2) is 30.5 Å². The second kappa shape index (κ2) is 11.0. The molecule has 0 aromatic heterocycles. The molecule has 176 valence electrons. The van der Waals surface area contributed by atoms with Crippen LogP contribution in [0.3, 0.4) is 0 Å². The Balaban J connectivity index is 1.89. The molecule has 0 saturated carbocycles. The maximum Gasteiger partial charge on any atom is 0.286 e. The molecular weight excluding hydrogens is 438 g/mol. The summed E-state index contributed by atoms with van der Waals surface area (Å²) in [5.41, 5.74) is 0.695. The molecule has 2 N–H and O–H groups in total. The number of nitro benzene ring substituents is 1. The fourth-order valence-electron chi connectivity index (χ4n) is 3.39. The second-order valence-corrected chi connectivity index (χ2v) is 7.32. The van der Waals surface area contributed by atoms with Crippen molar-refractivity contribution in [2.75, 3.05) is 19.0 Å². The average molecular weight is 463 g/mol. The lowest BCUT2D eigenvalue weighted by Crippen LogP contribution is -2.28. The second-order valence-electron chi connectivity index (χ2n) is 7.32. The lowest BCUT2D eigenvalue weighted by Gasteiger charge is -2.17. The van der Waals surface area contributed by atoms with E-state index in [9.17, 15) is 19.7 Å². The van der Waals surface area contributed by atoms with E-state index in [0.717, 1.165) is 11.6 Å². The van der Waals surface area contributed by atoms with E-state index in [1.807, 2.05) is 37.3 Å². The fourth-order valence-corrected chi connectivity index (χ4v) is 3.39. The number of ether oxygens (including phenoxy) is 2. The van der Waals surface area contributed by atoms with Gasteiger partial charge < -0.3 is 20.1 Å². The number of carbonyl (C=O) groups is 2. The molecule has 0 aliphatic rings. The fraction of sp³-hybridized carbons (Fsp3) is 0.200. The molecular formula is C25H25N3O6. The normalized spacial score (nSPS) is 11.3. The molecule has 0 fully saturated rings. The summed E-state index contributed by atoms with van der Waals surface area (Å²) < 4.78 is 10.6. The maximum atomic E-state index is 13.1. The highest BCUT2D eigenvalue weighted by molar-refractivity contribution is 6.11. The third-order valence-corrected chi connectivity index (χ3v) is 5.09. The Morgan fingerprint density at radius 3 is 2.29 bits per heavy atom. The van der Waals surface area contributed by atoms with Gasteiger partial charge in [0.15, 0.2) is 11.5 Å². The first-order chi connectivity index (χ1) is 16.3. The molecule has 0 aliphatic heterocycles. The summed E-state index contributed by atoms with van der Waals surface area (Å²) in [5, 5.41) is 17.1. The number of benzene rings is 3. The highest BCUT2D eigenvalue weighted by Gasteiger charge is 2.26. The third-order valence-electron chi connectivity index (χ3n) is 5.09. The zero-order valence-electron chi connectivity index (χ0n) is 19.0. The Hall–Kier alpha value is -4.40. The van der Waals surface area contributed by atoms with Crippen LogP contribution < -0.4 is 20.1 Å². The van der Waals surface area contributed by atoms with Gasteiger partial charge in [0.2, 0.25) is 0 Å². The van der Waals surface area contributed by atoms with Gasteiger partial charge in [-0.15, -0.1) is 0 Å². The van der Waals surface area contributed by atoms with Crippen molar-refractivity contribution in [3.8, 4) is 11.5 Å². The molecule has 2 amide bonds. The van der Waals surface area contributed by atoms with Crippen LogP contribution in [0.5, 0.6) is 11.5 Å². The minimum atomic E-state index is -0.760. The summed E-state index contributed by atoms with van der Waals surface area (Å²) in [6.07, 6.45) is 0. The molecule has 0 spiro atoms. The van der Waals surface area contributed by atoms with Gasteiger partial charge in [-0.05, 0) is 31.5 Å². The number of nitrogens with zero attached hydrogens (tertiary/aromatic N) is 1. The minimum Gasteiger partial charge on any atom is -0.493 e. The standard InChI is InChI=1S/C25H25N3O6/c1-4-34-23-15-21(28(31)32)19(14-22(23)33-3)25(30)27-20-13-9-8-12-18(20)24(29)26-16(2)17-10-6-5-7-11-17/h5-16H,4H2,1-3H3,(H,26,29)(H,27,30)/t16-/m1/s1. The van der Waals surface area contributed by atoms with Gasteiger partial charge in [-0.25, -0.2) is 0 Å². The smallest absolute Gasteiger partial charge is 0.286 e. The van der Waals surface area contributed by atoms with Gasteiger partial charge in [0.05, 0.1) is 42.0 Å². The number of nitro groups is 1. The van der Waals surface area contributed by atoms with E-state index >= 15 is 0 Å². The summed E-state index contributed by atoms with van der Waals surface area (Å²) in [5.74, 6) is -0.821. The summed E-state index contributed by atoms with van der Waals surface area (Å²) in [7, 11) is 1.37. The van der Waals surface area contributed by atoms with Crippen molar-refractivity contribution in [3.05, 3.63) is 93.5 Å². The molecule has 0 radical (unpaired) electrons. The van der Waals surface area contributed by atoms with E-state index < -0.39 is 22.4 Å². The van der Waals surface area contributed by atoms with Gasteiger partial charge in [0, 0.05) is 6.07 Å². The van der Waals surface area contributed by atoms with Crippen molar-refractivity contribution < 1.29 is 24.0 Å². The summed E-state index contributed by atoms with van der Waals surface area (Å²) in [6, 6.07) is 18.0. The van der Waals surface area contributed by atoms with Crippen LogP contribution in [0.2, 0.25) is 0 Å². The Kier molecular flexibility index (Phi) is 7.81. The first kappa shape index (κ1) is 24.2. The first-order valence-electron chi connectivity index (χ1n) is 10.6. The Morgan fingerprint density at radius 1 is 0.971 bits per heavy atom. The van der Waals surface area contributed by atoms with E-state index in [1.165, 1.54) is 13.2 Å². The van der Waals surface area contributed by atoms with Crippen LogP contribution in [-0.2, 0) is 0 Å². The van der Waals surface area contributed by atoms with Crippen molar-refractivity contribution in [2.24, 2.45) is 0 Å². The molecule has 9 heteroatoms. The molecule has 0 bridgehead atoms. The van der Waals surface area contributed by atoms with Crippen molar-refractivity contribution in [2.45, 2.75) is 19.9 Å². The highest BCUT2D eigenvalue weighted by atomic mass is 16.6. The molecule has 3 rings (SSSR count). The predicted octanol–water partition coefficient (Wildman–Crippen LogP) is 4.75. The Labute approximate surface area is 196 Å². The zero-order valence-corrected chi connectivity index (χ0v) is 19.0. The molecule has 0 heterocycles. The first-order valence-corrected chi connectivity index (χ1v) is 10.6. The van der Waals surface area contributed by atoms with E-state index in [0.29, 0.717) is 0 Å². The quantitative estimate of drug-likeness (QED) is 0.349. The van der Waals surface area contributed by atoms with Crippen molar-refractivity contribution in [3.63, 3.8) is 0 Å². The number of para-hydroxylation sites is 1. The topological polar surface area (TPSA) is 120 Å². The van der Waals surface area contributed by atoms with Gasteiger partial charge in [-0.1, -0.05) is 42.5 Å². The predicted molar refractivity (Wildman–Crippen MR) is 128 cm³/mol. The number of hydrogen-bond acceptors (Lipinski definition) is 6.